The van der Waals surface area contributed by atoms with Crippen molar-refractivity contribution in [3.8, 4) is 0 Å². The Labute approximate surface area is 151 Å². The van der Waals surface area contributed by atoms with Crippen molar-refractivity contribution < 1.29 is 14.3 Å². The summed E-state index contributed by atoms with van der Waals surface area (Å²) in [5.41, 5.74) is 1.94. The van der Waals surface area contributed by atoms with Crippen LogP contribution in [0, 0.1) is 6.92 Å². The molecule has 1 saturated heterocycles. The van der Waals surface area contributed by atoms with Gasteiger partial charge in [-0.2, -0.15) is 0 Å². The first-order valence-corrected chi connectivity index (χ1v) is 8.93. The first-order chi connectivity index (χ1) is 12.0. The van der Waals surface area contributed by atoms with Crippen LogP contribution in [-0.4, -0.2) is 41.0 Å². The third kappa shape index (κ3) is 3.61. The number of hydrogen-bond acceptors (Lipinski definition) is 4. The summed E-state index contributed by atoms with van der Waals surface area (Å²) in [5.74, 6) is -0.505. The lowest BCUT2D eigenvalue weighted by molar-refractivity contribution is -0.149. The number of nitrogens with zero attached hydrogens (tertiary/aromatic N) is 2. The molecule has 0 aliphatic carbocycles. The second-order valence-corrected chi connectivity index (χ2v) is 6.66. The maximum atomic E-state index is 13.1. The molecule has 6 heteroatoms. The predicted octanol–water partition coefficient (Wildman–Crippen LogP) is 3.75. The monoisotopic (exact) mass is 360 g/mol. The molecule has 2 aromatic rings. The van der Waals surface area contributed by atoms with Crippen LogP contribution < -0.4 is 0 Å². The largest absolute Gasteiger partial charge is 0.464 e. The third-order valence-electron chi connectivity index (χ3n) is 4.52. The molecule has 0 saturated carbocycles. The zero-order chi connectivity index (χ0) is 18.0. The number of benzene rings is 1. The quantitative estimate of drug-likeness (QED) is 0.782. The molecule has 1 fully saturated rings. The first kappa shape index (κ1) is 17.7. The Bertz CT molecular complexity index is 822. The number of pyridine rings is 1. The Kier molecular flexibility index (Phi) is 5.23. The number of carbonyl (C=O) groups is 2. The normalized spacial score (nSPS) is 17.6. The van der Waals surface area contributed by atoms with E-state index in [1.807, 2.05) is 19.1 Å². The number of esters is 1. The molecule has 1 aliphatic rings. The summed E-state index contributed by atoms with van der Waals surface area (Å²) in [7, 11) is 0. The molecule has 1 aliphatic heterocycles. The third-order valence-corrected chi connectivity index (χ3v) is 4.76. The lowest BCUT2D eigenvalue weighted by Crippen LogP contribution is -2.48. The second kappa shape index (κ2) is 7.40. The number of likely N-dealkylation sites (tertiary alicyclic amines) is 1. The summed E-state index contributed by atoms with van der Waals surface area (Å²) in [4.78, 5) is 31.5. The summed E-state index contributed by atoms with van der Waals surface area (Å²) < 4.78 is 5.15. The molecule has 1 aromatic heterocycles. The molecule has 132 valence electrons. The highest BCUT2D eigenvalue weighted by molar-refractivity contribution is 6.31. The van der Waals surface area contributed by atoms with E-state index in [-0.39, 0.29) is 11.9 Å². The molecule has 2 heterocycles. The van der Waals surface area contributed by atoms with Crippen LogP contribution in [0.4, 0.5) is 0 Å². The molecular weight excluding hydrogens is 340 g/mol. The highest BCUT2D eigenvalue weighted by atomic mass is 35.5. The van der Waals surface area contributed by atoms with Crippen molar-refractivity contribution >= 4 is 34.4 Å². The van der Waals surface area contributed by atoms with E-state index >= 15 is 0 Å². The van der Waals surface area contributed by atoms with Crippen molar-refractivity contribution in [1.82, 2.24) is 9.88 Å². The van der Waals surface area contributed by atoms with Crippen molar-refractivity contribution in [2.24, 2.45) is 0 Å². The number of carbonyl (C=O) groups excluding carboxylic acids is 2. The number of aryl methyl sites for hydroxylation is 1. The Balaban J connectivity index is 1.96. The Morgan fingerprint density at radius 1 is 1.32 bits per heavy atom. The molecule has 0 spiro atoms. The Hall–Kier alpha value is -2.14. The van der Waals surface area contributed by atoms with Gasteiger partial charge in [0.1, 0.15) is 6.04 Å². The molecule has 1 amide bonds. The molecule has 1 unspecified atom stereocenters. The van der Waals surface area contributed by atoms with Gasteiger partial charge in [0.15, 0.2) is 0 Å². The van der Waals surface area contributed by atoms with Crippen molar-refractivity contribution in [3.05, 3.63) is 40.5 Å². The summed E-state index contributed by atoms with van der Waals surface area (Å²) in [6.45, 7) is 4.44. The standard InChI is InChI=1S/C19H21ClN2O3/c1-3-25-19(24)17-6-4-5-9-22(17)18(23)15-11-13-10-14(20)7-8-16(13)21-12(15)2/h7-8,10-11,17H,3-6,9H2,1-2H3. The minimum atomic E-state index is -0.518. The van der Waals surface area contributed by atoms with Crippen LogP contribution in [-0.2, 0) is 9.53 Å². The van der Waals surface area contributed by atoms with E-state index in [0.717, 1.165) is 23.7 Å². The van der Waals surface area contributed by atoms with Crippen LogP contribution in [0.1, 0.15) is 42.2 Å². The average Bonchev–Trinajstić information content (AvgIpc) is 2.61. The SMILES string of the molecule is CCOC(=O)C1CCCCN1C(=O)c1cc2cc(Cl)ccc2nc1C. The van der Waals surface area contributed by atoms with Crippen molar-refractivity contribution in [3.63, 3.8) is 0 Å². The van der Waals surface area contributed by atoms with E-state index in [1.54, 1.807) is 24.0 Å². The lowest BCUT2D eigenvalue weighted by Gasteiger charge is -2.34. The zero-order valence-electron chi connectivity index (χ0n) is 14.4. The van der Waals surface area contributed by atoms with Gasteiger partial charge in [0, 0.05) is 17.0 Å². The van der Waals surface area contributed by atoms with Crippen LogP contribution in [0.2, 0.25) is 5.02 Å². The first-order valence-electron chi connectivity index (χ1n) is 8.55. The van der Waals surface area contributed by atoms with E-state index in [1.165, 1.54) is 0 Å². The number of hydrogen-bond donors (Lipinski definition) is 0. The van der Waals surface area contributed by atoms with Gasteiger partial charge < -0.3 is 9.64 Å². The molecule has 0 radical (unpaired) electrons. The number of fused-ring (bicyclic) bond motifs is 1. The molecular formula is C19H21ClN2O3. The number of halogens is 1. The van der Waals surface area contributed by atoms with Crippen molar-refractivity contribution in [1.29, 1.82) is 0 Å². The molecule has 1 atom stereocenters. The van der Waals surface area contributed by atoms with Crippen LogP contribution in [0.25, 0.3) is 10.9 Å². The highest BCUT2D eigenvalue weighted by Crippen LogP contribution is 2.25. The number of piperidine rings is 1. The van der Waals surface area contributed by atoms with E-state index in [4.69, 9.17) is 16.3 Å². The average molecular weight is 361 g/mol. The van der Waals surface area contributed by atoms with E-state index in [0.29, 0.717) is 35.9 Å². The number of rotatable bonds is 3. The lowest BCUT2D eigenvalue weighted by atomic mass is 10.00. The van der Waals surface area contributed by atoms with Gasteiger partial charge in [-0.15, -0.1) is 0 Å². The van der Waals surface area contributed by atoms with E-state index < -0.39 is 6.04 Å². The van der Waals surface area contributed by atoms with Gasteiger partial charge in [-0.3, -0.25) is 9.78 Å². The van der Waals surface area contributed by atoms with Gasteiger partial charge in [-0.1, -0.05) is 11.6 Å². The van der Waals surface area contributed by atoms with Gasteiger partial charge in [0.2, 0.25) is 0 Å². The number of ether oxygens (including phenoxy) is 1. The van der Waals surface area contributed by atoms with Crippen LogP contribution in [0.15, 0.2) is 24.3 Å². The second-order valence-electron chi connectivity index (χ2n) is 6.22. The number of amides is 1. The van der Waals surface area contributed by atoms with E-state index in [2.05, 4.69) is 4.98 Å². The van der Waals surface area contributed by atoms with Crippen molar-refractivity contribution in [2.45, 2.75) is 39.2 Å². The summed E-state index contributed by atoms with van der Waals surface area (Å²) in [6, 6.07) is 6.69. The maximum Gasteiger partial charge on any atom is 0.328 e. The van der Waals surface area contributed by atoms with Crippen LogP contribution >= 0.6 is 11.6 Å². The minimum absolute atomic E-state index is 0.176. The molecule has 0 N–H and O–H groups in total. The summed E-state index contributed by atoms with van der Waals surface area (Å²) in [6.07, 6.45) is 2.43. The van der Waals surface area contributed by atoms with Gasteiger partial charge in [-0.25, -0.2) is 4.79 Å². The fraction of sp³-hybridized carbons (Fsp3) is 0.421. The van der Waals surface area contributed by atoms with Gasteiger partial charge in [0.25, 0.3) is 5.91 Å². The molecule has 0 bridgehead atoms. The van der Waals surface area contributed by atoms with Gasteiger partial charge >= 0.3 is 5.97 Å². The Morgan fingerprint density at radius 2 is 2.12 bits per heavy atom. The number of aromatic nitrogens is 1. The summed E-state index contributed by atoms with van der Waals surface area (Å²) in [5, 5.41) is 1.41. The van der Waals surface area contributed by atoms with Gasteiger partial charge in [0.05, 0.1) is 23.4 Å². The highest BCUT2D eigenvalue weighted by Gasteiger charge is 2.34. The molecule has 25 heavy (non-hydrogen) atoms. The van der Waals surface area contributed by atoms with Gasteiger partial charge in [-0.05, 0) is 57.4 Å². The molecule has 5 nitrogen and oxygen atoms in total. The topological polar surface area (TPSA) is 59.5 Å². The van der Waals surface area contributed by atoms with Crippen molar-refractivity contribution in [2.75, 3.05) is 13.2 Å². The fourth-order valence-electron chi connectivity index (χ4n) is 3.27. The zero-order valence-corrected chi connectivity index (χ0v) is 15.2. The smallest absolute Gasteiger partial charge is 0.328 e. The molecule has 3 rings (SSSR count). The molecule has 1 aromatic carbocycles. The minimum Gasteiger partial charge on any atom is -0.464 e. The maximum absolute atomic E-state index is 13.1. The summed E-state index contributed by atoms with van der Waals surface area (Å²) >= 11 is 6.05. The van der Waals surface area contributed by atoms with E-state index in [9.17, 15) is 9.59 Å². The predicted molar refractivity (Wildman–Crippen MR) is 96.8 cm³/mol. The van der Waals surface area contributed by atoms with Crippen LogP contribution in [0.5, 0.6) is 0 Å². The Morgan fingerprint density at radius 3 is 2.88 bits per heavy atom. The fourth-order valence-corrected chi connectivity index (χ4v) is 3.45. The van der Waals surface area contributed by atoms with Crippen LogP contribution in [0.3, 0.4) is 0 Å².